The molecule has 3 aromatic carbocycles. The number of amides is 2. The molecule has 2 aliphatic heterocycles. The smallest absolute Gasteiger partial charge is 0.317 e. The van der Waals surface area contributed by atoms with Crippen molar-refractivity contribution < 1.29 is 40.0 Å². The van der Waals surface area contributed by atoms with Crippen LogP contribution < -0.4 is 26.6 Å². The fraction of sp³-hybridized carbons (Fsp3) is 0.372. The van der Waals surface area contributed by atoms with E-state index in [9.17, 15) is 40.0 Å². The Morgan fingerprint density at radius 2 is 1.35 bits per heavy atom. The van der Waals surface area contributed by atoms with Crippen LogP contribution in [0.3, 0.4) is 0 Å². The van der Waals surface area contributed by atoms with Crippen LogP contribution in [0.1, 0.15) is 75.9 Å². The molecule has 2 spiro atoms. The third-order valence-corrected chi connectivity index (χ3v) is 13.6. The molecule has 8 N–H and O–H groups in total. The zero-order chi connectivity index (χ0) is 43.3. The average molecular weight is 864 g/mol. The topological polar surface area (TPSA) is 225 Å². The van der Waals surface area contributed by atoms with Crippen molar-refractivity contribution in [3.05, 3.63) is 135 Å². The molecule has 0 aromatic heterocycles. The van der Waals surface area contributed by atoms with E-state index in [1.54, 1.807) is 29.2 Å². The zero-order valence-electron chi connectivity index (χ0n) is 33.0. The highest BCUT2D eigenvalue weighted by Crippen LogP contribution is 2.44. The first-order valence-corrected chi connectivity index (χ1v) is 22.7. The maximum absolute atomic E-state index is 13.5. The Hall–Kier alpha value is -5.00. The molecule has 2 fully saturated rings. The van der Waals surface area contributed by atoms with Gasteiger partial charge >= 0.3 is 6.03 Å². The van der Waals surface area contributed by atoms with Gasteiger partial charge in [-0.2, -0.15) is 0 Å². The van der Waals surface area contributed by atoms with Gasteiger partial charge in [0.1, 0.15) is 23.3 Å². The van der Waals surface area contributed by atoms with E-state index in [4.69, 9.17) is 16.0 Å². The molecule has 2 heterocycles. The van der Waals surface area contributed by atoms with Crippen LogP contribution in [-0.4, -0.2) is 72.1 Å². The summed E-state index contributed by atoms with van der Waals surface area (Å²) in [6.45, 7) is 3.46. The highest BCUT2D eigenvalue weighted by atomic mass is 32.2. The molecular weight excluding hydrogens is 815 g/mol. The molecule has 318 valence electrons. The number of ketones is 2. The second-order valence-electron chi connectivity index (χ2n) is 16.0. The minimum Gasteiger partial charge on any atom is -0.334 e. The lowest BCUT2D eigenvalue weighted by molar-refractivity contribution is 0.0734. The molecule has 0 unspecified atom stereocenters. The van der Waals surface area contributed by atoms with Crippen molar-refractivity contribution >= 4 is 37.6 Å². The van der Waals surface area contributed by atoms with Gasteiger partial charge in [0.05, 0.1) is 23.6 Å². The molecule has 3 aromatic rings. The number of likely N-dealkylation sites (tertiary alicyclic amines) is 1. The molecule has 2 saturated heterocycles. The normalized spacial score (nSPS) is 19.0. The molecule has 0 bridgehead atoms. The van der Waals surface area contributed by atoms with E-state index in [1.165, 1.54) is 54.6 Å². The van der Waals surface area contributed by atoms with Crippen LogP contribution >= 0.6 is 0 Å². The fourth-order valence-electron chi connectivity index (χ4n) is 8.49. The van der Waals surface area contributed by atoms with Crippen LogP contribution in [0.4, 0.5) is 13.6 Å². The van der Waals surface area contributed by atoms with Crippen LogP contribution in [-0.2, 0) is 39.4 Å². The van der Waals surface area contributed by atoms with Gasteiger partial charge < -0.3 is 21.3 Å². The Morgan fingerprint density at radius 3 is 1.88 bits per heavy atom. The number of Topliss-reactive ketones (excluding diaryl/α,β-unsaturated/α-hetero) is 2. The van der Waals surface area contributed by atoms with Gasteiger partial charge in [-0.25, -0.2) is 40.7 Å². The van der Waals surface area contributed by atoms with Crippen molar-refractivity contribution in [2.75, 3.05) is 32.7 Å². The molecule has 5 aliphatic rings. The monoisotopic (exact) mass is 863 g/mol. The van der Waals surface area contributed by atoms with Crippen molar-refractivity contribution in [2.45, 2.75) is 62.8 Å². The Kier molecular flexibility index (Phi) is 13.6. The van der Waals surface area contributed by atoms with E-state index in [-0.39, 0.29) is 57.1 Å². The number of hydrogen-bond acceptors (Lipinski definition) is 9. The number of primary sulfonamides is 2. The number of carbonyl (C=O) groups excluding carboxylic acids is 3. The minimum absolute atomic E-state index is 0.00120. The van der Waals surface area contributed by atoms with E-state index < -0.39 is 25.9 Å². The van der Waals surface area contributed by atoms with Gasteiger partial charge in [-0.05, 0) is 116 Å². The van der Waals surface area contributed by atoms with Crippen molar-refractivity contribution in [3.63, 3.8) is 0 Å². The second-order valence-corrected chi connectivity index (χ2v) is 19.2. The van der Waals surface area contributed by atoms with Gasteiger partial charge in [0.25, 0.3) is 10.0 Å². The Bertz CT molecular complexity index is 2470. The summed E-state index contributed by atoms with van der Waals surface area (Å²) in [5, 5.41) is 16.2. The van der Waals surface area contributed by atoms with Crippen molar-refractivity contribution in [1.29, 1.82) is 0 Å². The minimum atomic E-state index is -3.80. The summed E-state index contributed by atoms with van der Waals surface area (Å²) in [5.41, 5.74) is 9.49. The first-order valence-electron chi connectivity index (χ1n) is 19.6. The van der Waals surface area contributed by atoms with Crippen LogP contribution in [0, 0.1) is 28.5 Å². The number of carbonyl (C=O) groups is 3. The third kappa shape index (κ3) is 11.0. The molecule has 2 amide bonds. The van der Waals surface area contributed by atoms with Crippen molar-refractivity contribution in [3.8, 4) is 0 Å². The van der Waals surface area contributed by atoms with Gasteiger partial charge in [-0.3, -0.25) is 9.59 Å². The number of urea groups is 1. The summed E-state index contributed by atoms with van der Waals surface area (Å²) in [5.74, 6) is -0.622. The molecule has 60 heavy (non-hydrogen) atoms. The number of piperidine rings is 2. The number of fused-ring (bicyclic) bond motifs is 2. The number of benzene rings is 3. The van der Waals surface area contributed by atoms with E-state index >= 15 is 0 Å². The second kappa shape index (κ2) is 18.3. The number of sulfonamides is 2. The van der Waals surface area contributed by atoms with Gasteiger partial charge in [0.15, 0.2) is 16.5 Å². The first-order chi connectivity index (χ1) is 28.4. The largest absolute Gasteiger partial charge is 0.334 e. The maximum Gasteiger partial charge on any atom is 0.317 e. The number of nitrogens with zero attached hydrogens (tertiary/aromatic N) is 1. The van der Waals surface area contributed by atoms with Crippen molar-refractivity contribution in [1.82, 2.24) is 15.5 Å². The number of nitrogens with one attached hydrogen (secondary N) is 2. The van der Waals surface area contributed by atoms with Gasteiger partial charge in [-0.15, -0.1) is 0 Å². The number of allylic oxidation sites excluding steroid dienone is 3. The lowest BCUT2D eigenvalue weighted by Crippen LogP contribution is -2.49. The van der Waals surface area contributed by atoms with Crippen LogP contribution in [0.5, 0.6) is 0 Å². The number of nitrogens with two attached hydrogens (primary N) is 3. The first kappa shape index (κ1) is 44.5. The van der Waals surface area contributed by atoms with Crippen molar-refractivity contribution in [2.24, 2.45) is 26.8 Å². The molecule has 17 heteroatoms. The fourth-order valence-corrected chi connectivity index (χ4v) is 9.64. The number of rotatable bonds is 5. The van der Waals surface area contributed by atoms with E-state index in [2.05, 4.69) is 16.7 Å². The average Bonchev–Trinajstić information content (AvgIpc) is 3.21. The third-order valence-electron chi connectivity index (χ3n) is 11.8. The summed E-state index contributed by atoms with van der Waals surface area (Å²) < 4.78 is 71.2. The van der Waals surface area contributed by atoms with Crippen LogP contribution in [0.25, 0.3) is 0 Å². The van der Waals surface area contributed by atoms with E-state index in [0.29, 0.717) is 67.5 Å². The Morgan fingerprint density at radius 1 is 0.783 bits per heavy atom. The molecule has 13 nitrogen and oxygen atoms in total. The standard InChI is InChI=1S/C22H24FN3O4S.C14H16FNO.C7H9N2O2S/c23-17-5-4-16-12-22(13-20(27)19(16)11-17)6-8-26(9-7-22)21(28)25-14-15-2-1-3-18(10-15)31(24,29)30;15-11-2-1-10-8-14(3-5-16-6-4-14)9-13(17)12(10)7-11;8-5-6-2-1-3-7(4-6)12(9,10)11/h1-5,10-11H,6-9,12-14H2,(H,25,28)(H2,24,29,30);1-2,7,16H,3-6,8-9H2;1,3-4H,5,8H2,(H2,9,10,11)/q;;+1. The molecule has 0 radical (unpaired) electrons. The van der Waals surface area contributed by atoms with E-state index in [0.717, 1.165) is 43.5 Å². The Labute approximate surface area is 349 Å². The predicted molar refractivity (Wildman–Crippen MR) is 222 cm³/mol. The molecule has 0 atom stereocenters. The van der Waals surface area contributed by atoms with Gasteiger partial charge in [0, 0.05) is 49.7 Å². The number of halogens is 2. The lowest BCUT2D eigenvalue weighted by atomic mass is 9.66. The van der Waals surface area contributed by atoms with Gasteiger partial charge in [0.2, 0.25) is 10.0 Å². The predicted octanol–water partition coefficient (Wildman–Crippen LogP) is 4.34. The van der Waals surface area contributed by atoms with Crippen LogP contribution in [0.2, 0.25) is 0 Å². The summed E-state index contributed by atoms with van der Waals surface area (Å²) in [7, 11) is -7.41. The summed E-state index contributed by atoms with van der Waals surface area (Å²) >= 11 is 0. The molecule has 0 saturated carbocycles. The molecular formula is C43H49F2N6O7S2+. The van der Waals surface area contributed by atoms with E-state index in [1.807, 2.05) is 0 Å². The SMILES string of the molecule is NCC1=[C+]C=CC(S(N)(=O)=O)=C1.NS(=O)(=O)c1cccc(CNC(=O)N2CCC3(CC2)CC(=O)c2cc(F)ccc2C3)c1.O=C1CC2(CCNCC2)Cc2ccc(F)cc21. The number of hydrogen-bond donors (Lipinski definition) is 5. The summed E-state index contributed by atoms with van der Waals surface area (Å²) in [6, 6.07) is 14.9. The van der Waals surface area contributed by atoms with Crippen LogP contribution in [0.15, 0.2) is 94.3 Å². The highest BCUT2D eigenvalue weighted by Gasteiger charge is 2.42. The Balaban J connectivity index is 0.000000173. The quantitative estimate of drug-likeness (QED) is 0.230. The molecule has 8 rings (SSSR count). The maximum atomic E-state index is 13.5. The highest BCUT2D eigenvalue weighted by molar-refractivity contribution is 7.93. The summed E-state index contributed by atoms with van der Waals surface area (Å²) in [4.78, 5) is 39.1. The van der Waals surface area contributed by atoms with Gasteiger partial charge in [-0.1, -0.05) is 24.3 Å². The summed E-state index contributed by atoms with van der Waals surface area (Å²) in [6.07, 6.45) is 13.2. The molecule has 3 aliphatic carbocycles. The zero-order valence-corrected chi connectivity index (χ0v) is 34.6. The lowest BCUT2D eigenvalue weighted by Gasteiger charge is -2.44.